The van der Waals surface area contributed by atoms with E-state index in [4.69, 9.17) is 5.73 Å². The molecule has 4 N–H and O–H groups in total. The number of hydrogen-bond donors (Lipinski definition) is 3. The fourth-order valence-corrected chi connectivity index (χ4v) is 5.35. The maximum atomic E-state index is 13.3. The van der Waals surface area contributed by atoms with E-state index in [0.29, 0.717) is 25.2 Å². The molecule has 2 saturated heterocycles. The molecule has 8 heteroatoms. The smallest absolute Gasteiger partial charge is 0.249 e. The second-order valence-corrected chi connectivity index (χ2v) is 9.72. The summed E-state index contributed by atoms with van der Waals surface area (Å²) >= 11 is 3.48. The highest BCUT2D eigenvalue weighted by atomic mass is 79.9. The van der Waals surface area contributed by atoms with Crippen molar-refractivity contribution in [3.05, 3.63) is 69.7 Å². The number of ketones is 1. The number of Topliss-reactive ketones (excluding diaryl/α,β-unsaturated/α-hetero) is 1. The molecule has 7 nitrogen and oxygen atoms in total. The minimum Gasteiger partial charge on any atom is -0.389 e. The number of nitrogens with zero attached hydrogens (tertiary/aromatic N) is 2. The van der Waals surface area contributed by atoms with Crippen LogP contribution in [0.2, 0.25) is 0 Å². The predicted molar refractivity (Wildman–Crippen MR) is 125 cm³/mol. The zero-order valence-electron chi connectivity index (χ0n) is 17.9. The average Bonchev–Trinajstić information content (AvgIpc) is 2.76. The zero-order valence-corrected chi connectivity index (χ0v) is 19.5. The van der Waals surface area contributed by atoms with Crippen molar-refractivity contribution in [1.82, 2.24) is 9.80 Å². The number of hydrogen-bond acceptors (Lipinski definition) is 6. The molecule has 0 radical (unpaired) electrons. The van der Waals surface area contributed by atoms with Crippen LogP contribution in [-0.2, 0) is 0 Å². The van der Waals surface area contributed by atoms with Gasteiger partial charge in [0.05, 0.1) is 12.2 Å². The molecular weight excluding hydrogens is 474 g/mol. The van der Waals surface area contributed by atoms with E-state index in [1.807, 2.05) is 24.1 Å². The van der Waals surface area contributed by atoms with Gasteiger partial charge >= 0.3 is 0 Å². The molecule has 0 unspecified atom stereocenters. The van der Waals surface area contributed by atoms with E-state index >= 15 is 0 Å². The van der Waals surface area contributed by atoms with Crippen molar-refractivity contribution in [3.8, 4) is 0 Å². The SMILES string of the molecule is CN1C[C@@H](O)[C@@H](O)CN2[C@H](CC(=O)c3ccccc3C(N)=O)[C@H](c3ccc(Br)cc3)[C@@H]2C1. The highest BCUT2D eigenvalue weighted by Crippen LogP contribution is 2.44. The third-order valence-electron chi connectivity index (χ3n) is 6.66. The lowest BCUT2D eigenvalue weighted by molar-refractivity contribution is -0.105. The van der Waals surface area contributed by atoms with Crippen molar-refractivity contribution in [3.63, 3.8) is 0 Å². The largest absolute Gasteiger partial charge is 0.389 e. The zero-order chi connectivity index (χ0) is 23.0. The maximum Gasteiger partial charge on any atom is 0.249 e. The highest BCUT2D eigenvalue weighted by molar-refractivity contribution is 9.10. The monoisotopic (exact) mass is 501 g/mol. The van der Waals surface area contributed by atoms with Gasteiger partial charge in [0, 0.05) is 59.7 Å². The summed E-state index contributed by atoms with van der Waals surface area (Å²) in [7, 11) is 1.93. The first kappa shape index (κ1) is 23.1. The van der Waals surface area contributed by atoms with Crippen LogP contribution in [0, 0.1) is 0 Å². The number of primary amides is 1. The summed E-state index contributed by atoms with van der Waals surface area (Å²) in [5.74, 6) is -0.704. The van der Waals surface area contributed by atoms with E-state index in [0.717, 1.165) is 10.0 Å². The normalized spacial score (nSPS) is 28.8. The van der Waals surface area contributed by atoms with Gasteiger partial charge in [-0.2, -0.15) is 0 Å². The van der Waals surface area contributed by atoms with Crippen LogP contribution < -0.4 is 5.73 Å². The Labute approximate surface area is 195 Å². The van der Waals surface area contributed by atoms with E-state index in [-0.39, 0.29) is 35.8 Å². The first-order valence-electron chi connectivity index (χ1n) is 10.7. The molecule has 2 aromatic rings. The van der Waals surface area contributed by atoms with Crippen molar-refractivity contribution in [2.24, 2.45) is 5.73 Å². The Balaban J connectivity index is 1.66. The van der Waals surface area contributed by atoms with Gasteiger partial charge in [0.2, 0.25) is 5.91 Å². The molecule has 0 aliphatic carbocycles. The first-order chi connectivity index (χ1) is 15.3. The molecule has 4 rings (SSSR count). The van der Waals surface area contributed by atoms with Gasteiger partial charge in [0.1, 0.15) is 0 Å². The molecule has 0 aromatic heterocycles. The Kier molecular flexibility index (Phi) is 6.78. The number of carbonyl (C=O) groups is 2. The van der Waals surface area contributed by atoms with Crippen molar-refractivity contribution in [1.29, 1.82) is 0 Å². The number of aliphatic hydroxyl groups is 2. The average molecular weight is 502 g/mol. The minimum atomic E-state index is -0.901. The van der Waals surface area contributed by atoms with Crippen molar-refractivity contribution in [2.45, 2.75) is 36.6 Å². The number of amides is 1. The lowest BCUT2D eigenvalue weighted by atomic mass is 9.71. The number of carbonyl (C=O) groups excluding carboxylic acids is 2. The molecular formula is C24H28BrN3O4. The lowest BCUT2D eigenvalue weighted by Gasteiger charge is -2.58. The first-order valence-corrected chi connectivity index (χ1v) is 11.5. The molecule has 2 aliphatic heterocycles. The summed E-state index contributed by atoms with van der Waals surface area (Å²) in [4.78, 5) is 29.3. The summed E-state index contributed by atoms with van der Waals surface area (Å²) in [6.07, 6.45) is -1.56. The third-order valence-corrected chi connectivity index (χ3v) is 7.19. The van der Waals surface area contributed by atoms with Crippen molar-refractivity contribution < 1.29 is 19.8 Å². The number of rotatable bonds is 5. The van der Waals surface area contributed by atoms with Gasteiger partial charge in [0.15, 0.2) is 5.78 Å². The van der Waals surface area contributed by atoms with E-state index in [1.54, 1.807) is 24.3 Å². The number of likely N-dealkylation sites (N-methyl/N-ethyl adjacent to an activating group) is 1. The predicted octanol–water partition coefficient (Wildman–Crippen LogP) is 1.62. The summed E-state index contributed by atoms with van der Waals surface area (Å²) in [6.45, 7) is 1.41. The van der Waals surface area contributed by atoms with Gasteiger partial charge in [0.25, 0.3) is 0 Å². The fourth-order valence-electron chi connectivity index (χ4n) is 5.09. The Bertz CT molecular complexity index is 999. The molecule has 32 heavy (non-hydrogen) atoms. The molecule has 0 saturated carbocycles. The molecule has 1 amide bonds. The molecule has 0 spiro atoms. The van der Waals surface area contributed by atoms with E-state index in [2.05, 4.69) is 33.0 Å². The van der Waals surface area contributed by atoms with Crippen LogP contribution in [0.15, 0.2) is 53.0 Å². The summed E-state index contributed by atoms with van der Waals surface area (Å²) < 4.78 is 0.980. The standard InChI is InChI=1S/C24H28BrN3O4/c1-27-11-19-23(14-6-8-15(25)9-7-14)18(28(19)13-22(31)21(30)12-27)10-20(29)16-4-2-3-5-17(16)24(26)32/h2-9,18-19,21-23,30-31H,10-13H2,1H3,(H2,26,32)/t18-,19+,21-,22+,23+/m1/s1. The number of nitrogens with two attached hydrogens (primary N) is 1. The molecule has 0 bridgehead atoms. The van der Waals surface area contributed by atoms with Crippen molar-refractivity contribution in [2.75, 3.05) is 26.7 Å². The molecule has 2 aliphatic rings. The van der Waals surface area contributed by atoms with Gasteiger partial charge in [-0.3, -0.25) is 14.5 Å². The topological polar surface area (TPSA) is 107 Å². The van der Waals surface area contributed by atoms with Crippen LogP contribution in [0.3, 0.4) is 0 Å². The van der Waals surface area contributed by atoms with Crippen LogP contribution in [0.4, 0.5) is 0 Å². The molecule has 5 atom stereocenters. The van der Waals surface area contributed by atoms with Gasteiger partial charge in [-0.05, 0) is 30.8 Å². The summed E-state index contributed by atoms with van der Waals surface area (Å²) in [5, 5.41) is 20.8. The van der Waals surface area contributed by atoms with E-state index in [9.17, 15) is 19.8 Å². The van der Waals surface area contributed by atoms with Gasteiger partial charge in [-0.1, -0.05) is 46.3 Å². The van der Waals surface area contributed by atoms with Crippen LogP contribution in [0.5, 0.6) is 0 Å². The Morgan fingerprint density at radius 2 is 1.62 bits per heavy atom. The fraction of sp³-hybridized carbons (Fsp3) is 0.417. The number of aliphatic hydroxyl groups excluding tert-OH is 2. The Hall–Kier alpha value is -2.10. The second kappa shape index (κ2) is 9.41. The quantitative estimate of drug-likeness (QED) is 0.537. The number of fused-ring (bicyclic) bond motifs is 1. The second-order valence-electron chi connectivity index (χ2n) is 8.80. The Morgan fingerprint density at radius 1 is 1.00 bits per heavy atom. The van der Waals surface area contributed by atoms with Gasteiger partial charge in [-0.25, -0.2) is 0 Å². The van der Waals surface area contributed by atoms with Crippen LogP contribution >= 0.6 is 15.9 Å². The number of β-amino-alcohol motifs (C(OH)–C–C–N with tert-alkyl or cyclic N) is 1. The summed E-state index contributed by atoms with van der Waals surface area (Å²) in [5.41, 5.74) is 7.15. The van der Waals surface area contributed by atoms with E-state index in [1.165, 1.54) is 0 Å². The summed E-state index contributed by atoms with van der Waals surface area (Å²) in [6, 6.07) is 14.7. The number of halogens is 1. The molecule has 2 fully saturated rings. The van der Waals surface area contributed by atoms with E-state index < -0.39 is 18.1 Å². The molecule has 2 aromatic carbocycles. The van der Waals surface area contributed by atoms with Crippen LogP contribution in [0.1, 0.15) is 38.6 Å². The van der Waals surface area contributed by atoms with Crippen molar-refractivity contribution >= 4 is 27.6 Å². The molecule has 170 valence electrons. The van der Waals surface area contributed by atoms with Crippen LogP contribution in [-0.4, -0.2) is 82.7 Å². The Morgan fingerprint density at radius 3 is 2.28 bits per heavy atom. The van der Waals surface area contributed by atoms with Gasteiger partial charge in [-0.15, -0.1) is 0 Å². The lowest BCUT2D eigenvalue weighted by Crippen LogP contribution is -2.69. The molecule has 2 heterocycles. The number of benzene rings is 2. The maximum absolute atomic E-state index is 13.3. The minimum absolute atomic E-state index is 0.0812. The van der Waals surface area contributed by atoms with Crippen LogP contribution in [0.25, 0.3) is 0 Å². The highest BCUT2D eigenvalue weighted by Gasteiger charge is 2.51. The third kappa shape index (κ3) is 4.51. The van der Waals surface area contributed by atoms with Gasteiger partial charge < -0.3 is 20.8 Å².